The molecule has 0 amide bonds. The third kappa shape index (κ3) is 2.25. The highest BCUT2D eigenvalue weighted by Gasteiger charge is 2.23. The van der Waals surface area contributed by atoms with E-state index >= 15 is 0 Å². The highest BCUT2D eigenvalue weighted by Crippen LogP contribution is 2.35. The van der Waals surface area contributed by atoms with Crippen LogP contribution < -0.4 is 0 Å². The largest absolute Gasteiger partial charge is 0.303 e. The molecule has 0 saturated heterocycles. The molecule has 0 aromatic heterocycles. The second-order valence-electron chi connectivity index (χ2n) is 4.27. The van der Waals surface area contributed by atoms with Crippen molar-refractivity contribution in [2.24, 2.45) is 5.92 Å². The number of benzene rings is 1. The van der Waals surface area contributed by atoms with Crippen LogP contribution >= 0.6 is 0 Å². The van der Waals surface area contributed by atoms with Gasteiger partial charge in [-0.15, -0.1) is 0 Å². The predicted molar refractivity (Wildman–Crippen MR) is 57.2 cm³/mol. The van der Waals surface area contributed by atoms with Gasteiger partial charge in [0, 0.05) is 5.92 Å². The van der Waals surface area contributed by atoms with Crippen LogP contribution in [0.25, 0.3) is 0 Å². The van der Waals surface area contributed by atoms with Gasteiger partial charge in [-0.05, 0) is 43.2 Å². The first kappa shape index (κ1) is 10.3. The minimum atomic E-state index is -0.105. The van der Waals surface area contributed by atoms with Crippen LogP contribution in [0.5, 0.6) is 0 Å². The highest BCUT2D eigenvalue weighted by atomic mass is 19.1. The lowest BCUT2D eigenvalue weighted by atomic mass is 9.79. The van der Waals surface area contributed by atoms with Gasteiger partial charge in [-0.1, -0.05) is 18.2 Å². The van der Waals surface area contributed by atoms with Gasteiger partial charge in [0.15, 0.2) is 0 Å². The Morgan fingerprint density at radius 1 is 1.13 bits per heavy atom. The summed E-state index contributed by atoms with van der Waals surface area (Å²) in [6.45, 7) is 0. The van der Waals surface area contributed by atoms with Crippen molar-refractivity contribution in [3.8, 4) is 0 Å². The zero-order valence-corrected chi connectivity index (χ0v) is 8.66. The molecule has 1 nitrogen and oxygen atoms in total. The van der Waals surface area contributed by atoms with Crippen molar-refractivity contribution in [1.29, 1.82) is 0 Å². The van der Waals surface area contributed by atoms with Gasteiger partial charge >= 0.3 is 0 Å². The minimum absolute atomic E-state index is 0.105. The number of rotatable bonds is 2. The maximum Gasteiger partial charge on any atom is 0.126 e. The first-order chi connectivity index (χ1) is 7.31. The third-order valence-electron chi connectivity index (χ3n) is 3.31. The van der Waals surface area contributed by atoms with Gasteiger partial charge in [0.05, 0.1) is 0 Å². The van der Waals surface area contributed by atoms with Crippen molar-refractivity contribution >= 4 is 6.29 Å². The Hall–Kier alpha value is -1.18. The van der Waals surface area contributed by atoms with Crippen molar-refractivity contribution < 1.29 is 9.18 Å². The molecule has 0 spiro atoms. The van der Waals surface area contributed by atoms with Gasteiger partial charge in [-0.25, -0.2) is 4.39 Å². The molecule has 2 heteroatoms. The van der Waals surface area contributed by atoms with E-state index in [1.807, 2.05) is 12.1 Å². The number of aldehydes is 1. The van der Waals surface area contributed by atoms with Crippen LogP contribution in [0.4, 0.5) is 4.39 Å². The molecule has 15 heavy (non-hydrogen) atoms. The number of halogens is 1. The standard InChI is InChI=1S/C13H15FO/c14-13-4-2-1-3-12(13)11-7-5-10(9-15)6-8-11/h1-4,9-11H,5-8H2. The molecule has 1 aromatic carbocycles. The van der Waals surface area contributed by atoms with Gasteiger partial charge in [0.2, 0.25) is 0 Å². The van der Waals surface area contributed by atoms with Crippen molar-refractivity contribution in [2.45, 2.75) is 31.6 Å². The molecule has 80 valence electrons. The molecule has 1 aliphatic rings. The first-order valence-corrected chi connectivity index (χ1v) is 5.51. The summed E-state index contributed by atoms with van der Waals surface area (Å²) in [4.78, 5) is 10.6. The van der Waals surface area contributed by atoms with E-state index in [0.29, 0.717) is 5.92 Å². The molecular formula is C13H15FO. The average Bonchev–Trinajstić information content (AvgIpc) is 2.30. The minimum Gasteiger partial charge on any atom is -0.303 e. The van der Waals surface area contributed by atoms with Crippen LogP contribution in [0, 0.1) is 11.7 Å². The smallest absolute Gasteiger partial charge is 0.126 e. The zero-order chi connectivity index (χ0) is 10.7. The number of hydrogen-bond acceptors (Lipinski definition) is 1. The Labute approximate surface area is 89.3 Å². The normalized spacial score (nSPS) is 26.2. The summed E-state index contributed by atoms with van der Waals surface area (Å²) >= 11 is 0. The molecule has 0 radical (unpaired) electrons. The SMILES string of the molecule is O=CC1CCC(c2ccccc2F)CC1. The fourth-order valence-corrected chi connectivity index (χ4v) is 2.37. The van der Waals surface area contributed by atoms with E-state index in [9.17, 15) is 9.18 Å². The van der Waals surface area contributed by atoms with Crippen LogP contribution in [0.3, 0.4) is 0 Å². The Morgan fingerprint density at radius 2 is 1.80 bits per heavy atom. The Balaban J connectivity index is 2.07. The monoisotopic (exact) mass is 206 g/mol. The van der Waals surface area contributed by atoms with Gasteiger partial charge in [-0.2, -0.15) is 0 Å². The summed E-state index contributed by atoms with van der Waals surface area (Å²) in [6.07, 6.45) is 4.72. The third-order valence-corrected chi connectivity index (χ3v) is 3.31. The van der Waals surface area contributed by atoms with Crippen LogP contribution in [-0.4, -0.2) is 6.29 Å². The Kier molecular flexibility index (Phi) is 3.14. The molecule has 0 aliphatic heterocycles. The number of carbonyl (C=O) groups excluding carboxylic acids is 1. The fraction of sp³-hybridized carbons (Fsp3) is 0.462. The summed E-state index contributed by atoms with van der Waals surface area (Å²) in [5.41, 5.74) is 0.821. The quantitative estimate of drug-likeness (QED) is 0.678. The van der Waals surface area contributed by atoms with Crippen LogP contribution in [-0.2, 0) is 4.79 Å². The molecule has 0 unspecified atom stereocenters. The number of hydrogen-bond donors (Lipinski definition) is 0. The van der Waals surface area contributed by atoms with Crippen LogP contribution in [0.2, 0.25) is 0 Å². The molecule has 1 fully saturated rings. The van der Waals surface area contributed by atoms with E-state index < -0.39 is 0 Å². The molecule has 1 aromatic rings. The lowest BCUT2D eigenvalue weighted by Crippen LogP contribution is -2.14. The molecule has 1 aliphatic carbocycles. The molecule has 0 atom stereocenters. The topological polar surface area (TPSA) is 17.1 Å². The summed E-state index contributed by atoms with van der Waals surface area (Å²) in [7, 11) is 0. The van der Waals surface area contributed by atoms with E-state index in [0.717, 1.165) is 37.5 Å². The lowest BCUT2D eigenvalue weighted by molar-refractivity contribution is -0.111. The van der Waals surface area contributed by atoms with E-state index in [1.165, 1.54) is 6.07 Å². The van der Waals surface area contributed by atoms with Gasteiger partial charge in [-0.3, -0.25) is 0 Å². The summed E-state index contributed by atoms with van der Waals surface area (Å²) < 4.78 is 13.5. The Bertz CT molecular complexity index is 340. The lowest BCUT2D eigenvalue weighted by Gasteiger charge is -2.25. The molecule has 0 heterocycles. The van der Waals surface area contributed by atoms with Crippen molar-refractivity contribution in [1.82, 2.24) is 0 Å². The van der Waals surface area contributed by atoms with Crippen molar-refractivity contribution in [2.75, 3.05) is 0 Å². The van der Waals surface area contributed by atoms with Crippen molar-refractivity contribution in [3.63, 3.8) is 0 Å². The maximum absolute atomic E-state index is 13.5. The fourth-order valence-electron chi connectivity index (χ4n) is 2.37. The van der Waals surface area contributed by atoms with Crippen molar-refractivity contribution in [3.05, 3.63) is 35.6 Å². The predicted octanol–water partition coefficient (Wildman–Crippen LogP) is 3.30. The number of carbonyl (C=O) groups is 1. The molecule has 2 rings (SSSR count). The molecule has 0 bridgehead atoms. The molecule has 1 saturated carbocycles. The van der Waals surface area contributed by atoms with Gasteiger partial charge in [0.25, 0.3) is 0 Å². The van der Waals surface area contributed by atoms with E-state index in [2.05, 4.69) is 0 Å². The summed E-state index contributed by atoms with van der Waals surface area (Å²) in [6, 6.07) is 6.97. The van der Waals surface area contributed by atoms with E-state index in [-0.39, 0.29) is 11.7 Å². The van der Waals surface area contributed by atoms with Gasteiger partial charge < -0.3 is 4.79 Å². The van der Waals surface area contributed by atoms with E-state index in [1.54, 1.807) is 6.07 Å². The summed E-state index contributed by atoms with van der Waals surface area (Å²) in [5.74, 6) is 0.405. The average molecular weight is 206 g/mol. The highest BCUT2D eigenvalue weighted by molar-refractivity contribution is 5.53. The van der Waals surface area contributed by atoms with E-state index in [4.69, 9.17) is 0 Å². The van der Waals surface area contributed by atoms with Gasteiger partial charge in [0.1, 0.15) is 12.1 Å². The first-order valence-electron chi connectivity index (χ1n) is 5.51. The molecule has 0 N–H and O–H groups in total. The second-order valence-corrected chi connectivity index (χ2v) is 4.27. The Morgan fingerprint density at radius 3 is 2.40 bits per heavy atom. The second kappa shape index (κ2) is 4.56. The maximum atomic E-state index is 13.5. The summed E-state index contributed by atoms with van der Waals surface area (Å²) in [5, 5.41) is 0. The van der Waals surface area contributed by atoms with Crippen LogP contribution in [0.1, 0.15) is 37.2 Å². The molecular weight excluding hydrogens is 191 g/mol. The van der Waals surface area contributed by atoms with Crippen LogP contribution in [0.15, 0.2) is 24.3 Å². The zero-order valence-electron chi connectivity index (χ0n) is 8.66.